The largest absolute Gasteiger partial charge is 0.375 e. The number of likely N-dealkylation sites (tertiary alicyclic amines) is 1. The maximum atomic E-state index is 8.68. The van der Waals surface area contributed by atoms with Crippen molar-refractivity contribution in [3.8, 4) is 6.07 Å². The standard InChI is InChI=1S/C13H18N2/c14-8-7-12-5-4-6-13(11-12)15-9-2-1-3-10-15/h5,11H,1-4,6-7,9-10H2. The van der Waals surface area contributed by atoms with Crippen molar-refractivity contribution in [1.29, 1.82) is 5.26 Å². The maximum absolute atomic E-state index is 8.68. The topological polar surface area (TPSA) is 27.0 Å². The van der Waals surface area contributed by atoms with E-state index in [-0.39, 0.29) is 0 Å². The second-order valence-corrected chi connectivity index (χ2v) is 4.34. The summed E-state index contributed by atoms with van der Waals surface area (Å²) >= 11 is 0. The quantitative estimate of drug-likeness (QED) is 0.688. The minimum absolute atomic E-state index is 0.567. The lowest BCUT2D eigenvalue weighted by molar-refractivity contribution is 0.276. The van der Waals surface area contributed by atoms with E-state index in [9.17, 15) is 0 Å². The van der Waals surface area contributed by atoms with E-state index in [1.807, 2.05) is 0 Å². The van der Waals surface area contributed by atoms with Crippen LogP contribution in [0.1, 0.15) is 38.5 Å². The van der Waals surface area contributed by atoms with Crippen LogP contribution in [-0.4, -0.2) is 18.0 Å². The molecule has 1 saturated heterocycles. The Kier molecular flexibility index (Phi) is 3.45. The Bertz CT molecular complexity index is 314. The highest BCUT2D eigenvalue weighted by Gasteiger charge is 2.15. The van der Waals surface area contributed by atoms with Crippen molar-refractivity contribution in [2.24, 2.45) is 0 Å². The molecule has 1 fully saturated rings. The molecule has 2 rings (SSSR count). The van der Waals surface area contributed by atoms with Gasteiger partial charge < -0.3 is 4.90 Å². The molecule has 1 heterocycles. The Hall–Kier alpha value is -1.23. The number of hydrogen-bond acceptors (Lipinski definition) is 2. The highest BCUT2D eigenvalue weighted by atomic mass is 15.1. The van der Waals surface area contributed by atoms with Crippen LogP contribution < -0.4 is 0 Å². The average molecular weight is 202 g/mol. The molecule has 1 aliphatic heterocycles. The van der Waals surface area contributed by atoms with Crippen LogP contribution in [0, 0.1) is 11.3 Å². The molecule has 0 N–H and O–H groups in total. The Morgan fingerprint density at radius 1 is 1.27 bits per heavy atom. The van der Waals surface area contributed by atoms with Crippen LogP contribution in [0.5, 0.6) is 0 Å². The molecule has 1 aliphatic carbocycles. The van der Waals surface area contributed by atoms with Crippen molar-refractivity contribution >= 4 is 0 Å². The van der Waals surface area contributed by atoms with E-state index in [0.717, 1.165) is 12.8 Å². The van der Waals surface area contributed by atoms with Gasteiger partial charge in [-0.2, -0.15) is 5.26 Å². The Balaban J connectivity index is 2.02. The van der Waals surface area contributed by atoms with Crippen molar-refractivity contribution in [1.82, 2.24) is 4.90 Å². The highest BCUT2D eigenvalue weighted by molar-refractivity contribution is 5.29. The predicted molar refractivity (Wildman–Crippen MR) is 61.1 cm³/mol. The summed E-state index contributed by atoms with van der Waals surface area (Å²) in [5, 5.41) is 8.68. The van der Waals surface area contributed by atoms with Crippen LogP contribution in [0.15, 0.2) is 23.4 Å². The molecular weight excluding hydrogens is 184 g/mol. The van der Waals surface area contributed by atoms with Gasteiger partial charge in [0.15, 0.2) is 0 Å². The molecule has 0 aromatic carbocycles. The lowest BCUT2D eigenvalue weighted by Gasteiger charge is -2.32. The zero-order valence-corrected chi connectivity index (χ0v) is 9.21. The SMILES string of the molecule is N#CCC1=CCCC(N2CCCCC2)=C1. The number of nitriles is 1. The first kappa shape index (κ1) is 10.3. The molecule has 80 valence electrons. The third-order valence-corrected chi connectivity index (χ3v) is 3.20. The van der Waals surface area contributed by atoms with Crippen molar-refractivity contribution in [2.45, 2.75) is 38.5 Å². The molecule has 0 unspecified atom stereocenters. The number of hydrogen-bond donors (Lipinski definition) is 0. The summed E-state index contributed by atoms with van der Waals surface area (Å²) in [4.78, 5) is 2.51. The van der Waals surface area contributed by atoms with Gasteiger partial charge in [0.25, 0.3) is 0 Å². The molecule has 0 amide bonds. The molecule has 0 spiro atoms. The fourth-order valence-electron chi connectivity index (χ4n) is 2.40. The van der Waals surface area contributed by atoms with Crippen LogP contribution in [-0.2, 0) is 0 Å². The van der Waals surface area contributed by atoms with Crippen molar-refractivity contribution < 1.29 is 0 Å². The highest BCUT2D eigenvalue weighted by Crippen LogP contribution is 2.24. The smallest absolute Gasteiger partial charge is 0.0669 e. The second-order valence-electron chi connectivity index (χ2n) is 4.34. The van der Waals surface area contributed by atoms with Gasteiger partial charge in [0.2, 0.25) is 0 Å². The predicted octanol–water partition coefficient (Wildman–Crippen LogP) is 2.99. The van der Waals surface area contributed by atoms with Crippen LogP contribution in [0.2, 0.25) is 0 Å². The number of piperidine rings is 1. The fraction of sp³-hybridized carbons (Fsp3) is 0.615. The van der Waals surface area contributed by atoms with Crippen LogP contribution in [0.3, 0.4) is 0 Å². The Labute approximate surface area is 91.9 Å². The van der Waals surface area contributed by atoms with E-state index in [4.69, 9.17) is 5.26 Å². The van der Waals surface area contributed by atoms with E-state index >= 15 is 0 Å². The van der Waals surface area contributed by atoms with Gasteiger partial charge in [0, 0.05) is 18.8 Å². The molecule has 0 atom stereocenters. The van der Waals surface area contributed by atoms with Gasteiger partial charge in [-0.1, -0.05) is 6.08 Å². The molecule has 2 heteroatoms. The first-order chi connectivity index (χ1) is 7.40. The van der Waals surface area contributed by atoms with Crippen LogP contribution >= 0.6 is 0 Å². The summed E-state index contributed by atoms with van der Waals surface area (Å²) in [6, 6.07) is 2.23. The second kappa shape index (κ2) is 5.02. The normalized spacial score (nSPS) is 21.7. The number of allylic oxidation sites excluding steroid dienone is 4. The number of nitrogens with zero attached hydrogens (tertiary/aromatic N) is 2. The van der Waals surface area contributed by atoms with E-state index in [0.29, 0.717) is 6.42 Å². The van der Waals surface area contributed by atoms with Gasteiger partial charge in [0.1, 0.15) is 0 Å². The maximum Gasteiger partial charge on any atom is 0.0669 e. The third kappa shape index (κ3) is 2.62. The molecule has 2 aliphatic rings. The molecule has 0 aromatic rings. The van der Waals surface area contributed by atoms with Crippen molar-refractivity contribution in [3.63, 3.8) is 0 Å². The molecule has 0 radical (unpaired) electrons. The van der Waals surface area contributed by atoms with Gasteiger partial charge >= 0.3 is 0 Å². The van der Waals surface area contributed by atoms with Crippen molar-refractivity contribution in [3.05, 3.63) is 23.4 Å². The summed E-state index contributed by atoms with van der Waals surface area (Å²) in [6.07, 6.45) is 11.3. The molecular formula is C13H18N2. The molecule has 15 heavy (non-hydrogen) atoms. The molecule has 0 aromatic heterocycles. The van der Waals surface area contributed by atoms with Gasteiger partial charge in [-0.15, -0.1) is 0 Å². The zero-order chi connectivity index (χ0) is 10.5. The third-order valence-electron chi connectivity index (χ3n) is 3.20. The van der Waals surface area contributed by atoms with E-state index in [1.165, 1.54) is 43.6 Å². The van der Waals surface area contributed by atoms with Gasteiger partial charge in [-0.3, -0.25) is 0 Å². The zero-order valence-electron chi connectivity index (χ0n) is 9.21. The summed E-state index contributed by atoms with van der Waals surface area (Å²) in [7, 11) is 0. The fourth-order valence-corrected chi connectivity index (χ4v) is 2.40. The first-order valence-electron chi connectivity index (χ1n) is 5.91. The van der Waals surface area contributed by atoms with Gasteiger partial charge in [-0.05, 0) is 43.8 Å². The molecule has 0 bridgehead atoms. The lowest BCUT2D eigenvalue weighted by atomic mass is 10.00. The van der Waals surface area contributed by atoms with Gasteiger partial charge in [-0.25, -0.2) is 0 Å². The lowest BCUT2D eigenvalue weighted by Crippen LogP contribution is -2.29. The van der Waals surface area contributed by atoms with Gasteiger partial charge in [0.05, 0.1) is 12.5 Å². The summed E-state index contributed by atoms with van der Waals surface area (Å²) in [5.41, 5.74) is 2.67. The first-order valence-corrected chi connectivity index (χ1v) is 5.91. The molecule has 0 saturated carbocycles. The van der Waals surface area contributed by atoms with E-state index in [2.05, 4.69) is 23.1 Å². The van der Waals surface area contributed by atoms with E-state index < -0.39 is 0 Å². The summed E-state index contributed by atoms with van der Waals surface area (Å²) in [5.74, 6) is 0. The average Bonchev–Trinajstić information content (AvgIpc) is 2.31. The van der Waals surface area contributed by atoms with Crippen LogP contribution in [0.25, 0.3) is 0 Å². The minimum atomic E-state index is 0.567. The molecule has 2 nitrogen and oxygen atoms in total. The minimum Gasteiger partial charge on any atom is -0.375 e. The van der Waals surface area contributed by atoms with Crippen molar-refractivity contribution in [2.75, 3.05) is 13.1 Å². The Morgan fingerprint density at radius 2 is 2.07 bits per heavy atom. The van der Waals surface area contributed by atoms with Crippen LogP contribution in [0.4, 0.5) is 0 Å². The number of rotatable bonds is 2. The summed E-state index contributed by atoms with van der Waals surface area (Å²) < 4.78 is 0. The van der Waals surface area contributed by atoms with E-state index in [1.54, 1.807) is 0 Å². The Morgan fingerprint density at radius 3 is 2.80 bits per heavy atom. The monoisotopic (exact) mass is 202 g/mol. The summed E-state index contributed by atoms with van der Waals surface area (Å²) in [6.45, 7) is 2.43.